The van der Waals surface area contributed by atoms with Crippen molar-refractivity contribution in [3.8, 4) is 0 Å². The molecule has 0 saturated heterocycles. The van der Waals surface area contributed by atoms with Crippen molar-refractivity contribution >= 4 is 29.6 Å². The predicted octanol–water partition coefficient (Wildman–Crippen LogP) is 0.480. The fourth-order valence-corrected chi connectivity index (χ4v) is 1.94. The molecule has 3 rings (SSSR count). The highest BCUT2D eigenvalue weighted by molar-refractivity contribution is 6.09. The summed E-state index contributed by atoms with van der Waals surface area (Å²) in [5, 5.41) is 16.0. The van der Waals surface area contributed by atoms with Gasteiger partial charge in [0.2, 0.25) is 0 Å². The Bertz CT molecular complexity index is 762. The average molecular weight is 264 g/mol. The molecule has 5 heteroatoms. The monoisotopic (exact) mass is 264 g/mol. The summed E-state index contributed by atoms with van der Waals surface area (Å²) < 4.78 is 0. The maximum absolute atomic E-state index is 11.2. The van der Waals surface area contributed by atoms with Crippen LogP contribution in [-0.2, 0) is 14.4 Å². The van der Waals surface area contributed by atoms with E-state index < -0.39 is 0 Å². The third kappa shape index (κ3) is 3.43. The molecule has 0 saturated carbocycles. The number of hydrogen-bond acceptors (Lipinski definition) is 3. The normalized spacial score (nSPS) is 12.9. The lowest BCUT2D eigenvalue weighted by Crippen LogP contribution is -2.21. The molecule has 0 N–H and O–H groups in total. The number of ketones is 1. The second-order valence-electron chi connectivity index (χ2n) is 3.66. The van der Waals surface area contributed by atoms with Crippen molar-refractivity contribution in [3.05, 3.63) is 69.3 Å². The first-order valence-corrected chi connectivity index (χ1v) is 5.45. The minimum Gasteiger partial charge on any atom is -0.724 e. The van der Waals surface area contributed by atoms with Gasteiger partial charge in [0.1, 0.15) is 0 Å². The van der Waals surface area contributed by atoms with Crippen molar-refractivity contribution < 1.29 is 14.4 Å². The van der Waals surface area contributed by atoms with Crippen LogP contribution in [0.1, 0.15) is 0 Å². The molecular weight excluding hydrogens is 256 g/mol. The molecular formula is C15H8N2O3-2. The molecule has 5 nitrogen and oxygen atoms in total. The van der Waals surface area contributed by atoms with Gasteiger partial charge in [0, 0.05) is 0 Å². The smallest absolute Gasteiger partial charge is 0.179 e. The molecule has 2 aliphatic rings. The summed E-state index contributed by atoms with van der Waals surface area (Å²) in [6, 6.07) is 8.19. The highest BCUT2D eigenvalue weighted by Gasteiger charge is 2.12. The van der Waals surface area contributed by atoms with Gasteiger partial charge in [-0.3, -0.25) is 14.4 Å². The van der Waals surface area contributed by atoms with Crippen LogP contribution >= 0.6 is 0 Å². The van der Waals surface area contributed by atoms with E-state index in [-0.39, 0.29) is 5.78 Å². The van der Waals surface area contributed by atoms with Crippen LogP contribution < -0.4 is 10.4 Å². The largest absolute Gasteiger partial charge is 0.724 e. The van der Waals surface area contributed by atoms with E-state index in [4.69, 9.17) is 20.4 Å². The topological polar surface area (TPSA) is 95.8 Å². The Hall–Kier alpha value is -3.13. The van der Waals surface area contributed by atoms with Crippen LogP contribution in [0.5, 0.6) is 0 Å². The maximum atomic E-state index is 11.2. The fraction of sp³-hybridized carbons (Fsp3) is 0. The maximum Gasteiger partial charge on any atom is 0.179 e. The van der Waals surface area contributed by atoms with Crippen molar-refractivity contribution in [1.82, 2.24) is 0 Å². The van der Waals surface area contributed by atoms with Gasteiger partial charge in [-0.05, 0) is 58.0 Å². The van der Waals surface area contributed by atoms with E-state index in [9.17, 15) is 4.79 Å². The van der Waals surface area contributed by atoms with Crippen LogP contribution in [-0.4, -0.2) is 17.9 Å². The van der Waals surface area contributed by atoms with Gasteiger partial charge in [0.05, 0.1) is 0 Å². The van der Waals surface area contributed by atoms with E-state index in [1.165, 1.54) is 16.0 Å². The molecule has 1 aromatic carbocycles. The first kappa shape index (κ1) is 14.9. The van der Waals surface area contributed by atoms with Gasteiger partial charge in [-0.25, -0.2) is 0 Å². The number of carbonyl (C=O) groups excluding carboxylic acids is 3. The highest BCUT2D eigenvalue weighted by atomic mass is 16.1. The van der Waals surface area contributed by atoms with Gasteiger partial charge >= 0.3 is 0 Å². The van der Waals surface area contributed by atoms with Gasteiger partial charge in [-0.15, -0.1) is 0 Å². The van der Waals surface area contributed by atoms with Crippen molar-refractivity contribution in [2.45, 2.75) is 0 Å². The van der Waals surface area contributed by atoms with Crippen LogP contribution in [0.15, 0.2) is 48.1 Å². The molecule has 0 spiro atoms. The van der Waals surface area contributed by atoms with Crippen LogP contribution in [0.3, 0.4) is 0 Å². The van der Waals surface area contributed by atoms with Gasteiger partial charge in [0.15, 0.2) is 5.78 Å². The van der Waals surface area contributed by atoms with Gasteiger partial charge in [-0.1, -0.05) is 24.3 Å². The van der Waals surface area contributed by atoms with E-state index in [0.29, 0.717) is 12.2 Å². The number of isocyanates is 2. The number of allylic oxidation sites excluding steroid dienone is 4. The number of benzene rings is 1. The molecule has 0 aromatic heterocycles. The van der Waals surface area contributed by atoms with Gasteiger partial charge in [0.25, 0.3) is 0 Å². The lowest BCUT2D eigenvalue weighted by molar-refractivity contribution is -0.110. The van der Waals surface area contributed by atoms with E-state index in [1.54, 1.807) is 12.2 Å². The highest BCUT2D eigenvalue weighted by Crippen LogP contribution is 2.19. The van der Waals surface area contributed by atoms with Crippen molar-refractivity contribution in [3.63, 3.8) is 0 Å². The summed E-state index contributed by atoms with van der Waals surface area (Å²) in [5.74, 6) is 0.0767. The Labute approximate surface area is 114 Å². The van der Waals surface area contributed by atoms with Crippen LogP contribution in [0.4, 0.5) is 0 Å². The van der Waals surface area contributed by atoms with E-state index in [0.717, 1.165) is 5.57 Å². The summed E-state index contributed by atoms with van der Waals surface area (Å²) >= 11 is 0. The molecule has 0 bridgehead atoms. The zero-order valence-corrected chi connectivity index (χ0v) is 10.2. The molecule has 98 valence electrons. The predicted molar refractivity (Wildman–Crippen MR) is 73.9 cm³/mol. The zero-order valence-electron chi connectivity index (χ0n) is 10.2. The molecule has 1 aromatic rings. The molecule has 0 unspecified atom stereocenters. The Morgan fingerprint density at radius 2 is 1.50 bits per heavy atom. The molecule has 0 aliphatic heterocycles. The van der Waals surface area contributed by atoms with Crippen molar-refractivity contribution in [2.24, 2.45) is 0 Å². The van der Waals surface area contributed by atoms with Gasteiger partial charge in [-0.2, -0.15) is 0 Å². The van der Waals surface area contributed by atoms with Crippen molar-refractivity contribution in [1.29, 1.82) is 0 Å². The Kier molecular flexibility index (Phi) is 5.48. The average Bonchev–Trinajstić information content (AvgIpc) is 2.77. The number of fused-ring (bicyclic) bond motifs is 2. The van der Waals surface area contributed by atoms with Gasteiger partial charge < -0.3 is 10.8 Å². The van der Waals surface area contributed by atoms with Crippen molar-refractivity contribution in [2.75, 3.05) is 0 Å². The van der Waals surface area contributed by atoms with E-state index in [2.05, 4.69) is 18.2 Å². The molecule has 2 aliphatic carbocycles. The number of rotatable bonds is 0. The Morgan fingerprint density at radius 1 is 0.900 bits per heavy atom. The number of nitrogens with zero attached hydrogens (tertiary/aromatic N) is 2. The second kappa shape index (κ2) is 7.34. The Morgan fingerprint density at radius 3 is 2.15 bits per heavy atom. The first-order valence-electron chi connectivity index (χ1n) is 5.45. The SMILES string of the molecule is O=C1C=CC2=c3ccccc3=CC2=C1.[N-]=C=O.[N-]=C=O. The molecule has 20 heavy (non-hydrogen) atoms. The minimum absolute atomic E-state index is 0.0767. The fourth-order valence-electron chi connectivity index (χ4n) is 1.94. The zero-order chi connectivity index (χ0) is 15.0. The second-order valence-corrected chi connectivity index (χ2v) is 3.66. The molecule has 0 atom stereocenters. The lowest BCUT2D eigenvalue weighted by Gasteiger charge is -2.02. The first-order chi connectivity index (χ1) is 9.67. The summed E-state index contributed by atoms with van der Waals surface area (Å²) in [5.41, 5.74) is 2.21. The van der Waals surface area contributed by atoms with E-state index in [1.807, 2.05) is 18.2 Å². The summed E-state index contributed by atoms with van der Waals surface area (Å²) in [4.78, 5) is 27.6. The summed E-state index contributed by atoms with van der Waals surface area (Å²) in [7, 11) is 0. The molecule has 0 amide bonds. The van der Waals surface area contributed by atoms with Crippen LogP contribution in [0.2, 0.25) is 0 Å². The third-order valence-corrected chi connectivity index (χ3v) is 2.58. The van der Waals surface area contributed by atoms with Crippen LogP contribution in [0, 0.1) is 0 Å². The minimum atomic E-state index is 0.0767. The standard InChI is InChI=1S/C13H8O.2CNO/c14-11-5-6-13-10(8-11)7-9-3-1-2-4-12(9)13;2*2-1-3/h1-8H;;/q;2*-1. The number of hydrogen-bond donors (Lipinski definition) is 0. The molecule has 0 heterocycles. The lowest BCUT2D eigenvalue weighted by atomic mass is 10.0. The molecule has 0 fully saturated rings. The number of carbonyl (C=O) groups is 1. The summed E-state index contributed by atoms with van der Waals surface area (Å²) in [6.07, 6.45) is 8.27. The third-order valence-electron chi connectivity index (χ3n) is 2.58. The Balaban J connectivity index is 0.000000290. The molecule has 0 radical (unpaired) electrons. The van der Waals surface area contributed by atoms with Crippen LogP contribution in [0.25, 0.3) is 22.5 Å². The quantitative estimate of drug-likeness (QED) is 0.503. The van der Waals surface area contributed by atoms with E-state index >= 15 is 0 Å². The summed E-state index contributed by atoms with van der Waals surface area (Å²) in [6.45, 7) is 0.